The molecule has 0 bridgehead atoms. The molecule has 1 aliphatic rings. The van der Waals surface area contributed by atoms with Crippen molar-refractivity contribution in [3.05, 3.63) is 146 Å². The van der Waals surface area contributed by atoms with Gasteiger partial charge in [0.2, 0.25) is 0 Å². The van der Waals surface area contributed by atoms with Crippen LogP contribution in [-0.2, 0) is 19.3 Å². The van der Waals surface area contributed by atoms with Gasteiger partial charge in [-0.1, -0.05) is 107 Å². The molecular weight excluding hydrogens is 420 g/mol. The van der Waals surface area contributed by atoms with E-state index in [2.05, 4.69) is 120 Å². The third-order valence-electron chi connectivity index (χ3n) is 7.71. The van der Waals surface area contributed by atoms with Gasteiger partial charge in [0.1, 0.15) is 0 Å². The van der Waals surface area contributed by atoms with Crippen LogP contribution in [0.1, 0.15) is 61.6 Å². The van der Waals surface area contributed by atoms with Crippen LogP contribution in [0.3, 0.4) is 0 Å². The molecule has 0 saturated heterocycles. The largest absolute Gasteiger partial charge is 0.0591 e. The molecule has 0 fully saturated rings. The summed E-state index contributed by atoms with van der Waals surface area (Å²) in [7, 11) is 0. The van der Waals surface area contributed by atoms with Crippen LogP contribution >= 0.6 is 0 Å². The van der Waals surface area contributed by atoms with Crippen LogP contribution < -0.4 is 0 Å². The van der Waals surface area contributed by atoms with Crippen molar-refractivity contribution in [1.29, 1.82) is 0 Å². The molecule has 0 N–H and O–H groups in total. The van der Waals surface area contributed by atoms with Gasteiger partial charge in [0.05, 0.1) is 0 Å². The first-order chi connectivity index (χ1) is 16.9. The van der Waals surface area contributed by atoms with Crippen LogP contribution in [0.5, 0.6) is 0 Å². The van der Waals surface area contributed by atoms with Crippen LogP contribution in [0, 0.1) is 34.6 Å². The number of allylic oxidation sites excluding steroid dienone is 2. The van der Waals surface area contributed by atoms with Crippen molar-refractivity contribution in [3.63, 3.8) is 0 Å². The highest BCUT2D eigenvalue weighted by atomic mass is 14.4. The summed E-state index contributed by atoms with van der Waals surface area (Å²) in [5.74, 6) is 0.411. The first kappa shape index (κ1) is 23.4. The molecule has 0 radical (unpaired) electrons. The molecule has 4 aromatic carbocycles. The second-order valence-electron chi connectivity index (χ2n) is 10.6. The summed E-state index contributed by atoms with van der Waals surface area (Å²) in [4.78, 5) is 0. The predicted octanol–water partition coefficient (Wildman–Crippen LogP) is 8.81. The molecule has 0 heterocycles. The van der Waals surface area contributed by atoms with E-state index in [4.69, 9.17) is 0 Å². The molecule has 5 rings (SSSR count). The van der Waals surface area contributed by atoms with Crippen molar-refractivity contribution in [2.45, 2.75) is 59.8 Å². The molecule has 0 aromatic heterocycles. The van der Waals surface area contributed by atoms with Crippen LogP contribution in [0.15, 0.2) is 90.5 Å². The summed E-state index contributed by atoms with van der Waals surface area (Å²) in [5.41, 5.74) is 17.2. The van der Waals surface area contributed by atoms with Gasteiger partial charge in [-0.3, -0.25) is 0 Å². The standard InChI is InChI=1S/C35H36/c1-23-6-14-28(15-7-23)20-31-32(21-29-16-8-24(2)9-17-29)34-26(4)12-13-27(5)35(34)33(31)22-30-18-10-25(3)11-19-30/h6-19,32H,20-22H2,1-5H3. The third kappa shape index (κ3) is 4.89. The Morgan fingerprint density at radius 1 is 0.486 bits per heavy atom. The Bertz CT molecular complexity index is 1360. The van der Waals surface area contributed by atoms with E-state index in [1.807, 2.05) is 0 Å². The number of fused-ring (bicyclic) bond motifs is 1. The molecule has 0 amide bonds. The van der Waals surface area contributed by atoms with Gasteiger partial charge < -0.3 is 0 Å². The van der Waals surface area contributed by atoms with Gasteiger partial charge in [-0.2, -0.15) is 0 Å². The SMILES string of the molecule is Cc1ccc(CC2=C(Cc3ccc(C)cc3)C(Cc3ccc(C)cc3)c3c(C)ccc(C)c32)cc1. The van der Waals surface area contributed by atoms with Gasteiger partial charge in [-0.05, 0) is 98.4 Å². The lowest BCUT2D eigenvalue weighted by atomic mass is 9.84. The Hall–Kier alpha value is -3.38. The fourth-order valence-electron chi connectivity index (χ4n) is 5.68. The first-order valence-corrected chi connectivity index (χ1v) is 12.9. The Labute approximate surface area is 211 Å². The van der Waals surface area contributed by atoms with Gasteiger partial charge in [-0.15, -0.1) is 0 Å². The second-order valence-corrected chi connectivity index (χ2v) is 10.6. The fourth-order valence-corrected chi connectivity index (χ4v) is 5.68. The summed E-state index contributed by atoms with van der Waals surface area (Å²) in [5, 5.41) is 0. The fraction of sp³-hybridized carbons (Fsp3) is 0.257. The highest BCUT2D eigenvalue weighted by molar-refractivity contribution is 5.83. The van der Waals surface area contributed by atoms with Crippen molar-refractivity contribution in [3.8, 4) is 0 Å². The van der Waals surface area contributed by atoms with Gasteiger partial charge >= 0.3 is 0 Å². The van der Waals surface area contributed by atoms with E-state index in [9.17, 15) is 0 Å². The molecule has 0 aliphatic heterocycles. The molecule has 1 atom stereocenters. The number of rotatable bonds is 6. The van der Waals surface area contributed by atoms with Gasteiger partial charge in [0.15, 0.2) is 0 Å². The Morgan fingerprint density at radius 2 is 0.943 bits per heavy atom. The number of benzene rings is 4. The summed E-state index contributed by atoms with van der Waals surface area (Å²) < 4.78 is 0. The van der Waals surface area contributed by atoms with E-state index in [0.717, 1.165) is 19.3 Å². The molecular formula is C35H36. The maximum Gasteiger partial charge on any atom is 0.0107 e. The van der Waals surface area contributed by atoms with Crippen LogP contribution in [-0.4, -0.2) is 0 Å². The highest BCUT2D eigenvalue weighted by Gasteiger charge is 2.33. The molecule has 176 valence electrons. The molecule has 0 spiro atoms. The minimum atomic E-state index is 0.411. The Kier molecular flexibility index (Phi) is 6.48. The third-order valence-corrected chi connectivity index (χ3v) is 7.71. The summed E-state index contributed by atoms with van der Waals surface area (Å²) in [6, 6.07) is 32.1. The topological polar surface area (TPSA) is 0 Å². The second kappa shape index (κ2) is 9.70. The lowest BCUT2D eigenvalue weighted by Gasteiger charge is -2.20. The van der Waals surface area contributed by atoms with E-state index in [0.29, 0.717) is 5.92 Å². The zero-order chi connectivity index (χ0) is 24.5. The molecule has 4 aromatic rings. The minimum Gasteiger partial charge on any atom is -0.0591 e. The smallest absolute Gasteiger partial charge is 0.0107 e. The zero-order valence-corrected chi connectivity index (χ0v) is 21.8. The lowest BCUT2D eigenvalue weighted by Crippen LogP contribution is -2.08. The number of hydrogen-bond donors (Lipinski definition) is 0. The minimum absolute atomic E-state index is 0.411. The first-order valence-electron chi connectivity index (χ1n) is 12.9. The highest BCUT2D eigenvalue weighted by Crippen LogP contribution is 2.49. The van der Waals surface area contributed by atoms with E-state index in [1.54, 1.807) is 16.7 Å². The molecule has 0 heteroatoms. The predicted molar refractivity (Wildman–Crippen MR) is 150 cm³/mol. The van der Waals surface area contributed by atoms with E-state index < -0.39 is 0 Å². The molecule has 1 unspecified atom stereocenters. The monoisotopic (exact) mass is 456 g/mol. The van der Waals surface area contributed by atoms with E-state index >= 15 is 0 Å². The van der Waals surface area contributed by atoms with Crippen molar-refractivity contribution >= 4 is 5.57 Å². The van der Waals surface area contributed by atoms with E-state index in [1.165, 1.54) is 50.1 Å². The summed E-state index contributed by atoms with van der Waals surface area (Å²) in [6.07, 6.45) is 3.05. The lowest BCUT2D eigenvalue weighted by molar-refractivity contribution is 0.771. The average Bonchev–Trinajstić information content (AvgIpc) is 3.14. The Balaban J connectivity index is 1.66. The quantitative estimate of drug-likeness (QED) is 0.272. The van der Waals surface area contributed by atoms with Crippen molar-refractivity contribution in [1.82, 2.24) is 0 Å². The maximum atomic E-state index is 2.33. The van der Waals surface area contributed by atoms with Gasteiger partial charge in [0.25, 0.3) is 0 Å². The maximum absolute atomic E-state index is 2.33. The van der Waals surface area contributed by atoms with Gasteiger partial charge in [-0.25, -0.2) is 0 Å². The molecule has 35 heavy (non-hydrogen) atoms. The number of aryl methyl sites for hydroxylation is 5. The molecule has 0 saturated carbocycles. The van der Waals surface area contributed by atoms with Gasteiger partial charge in [0, 0.05) is 5.92 Å². The van der Waals surface area contributed by atoms with Crippen molar-refractivity contribution in [2.75, 3.05) is 0 Å². The summed E-state index contributed by atoms with van der Waals surface area (Å²) in [6.45, 7) is 11.1. The Morgan fingerprint density at radius 3 is 1.49 bits per heavy atom. The van der Waals surface area contributed by atoms with E-state index in [-0.39, 0.29) is 0 Å². The number of hydrogen-bond acceptors (Lipinski definition) is 0. The zero-order valence-electron chi connectivity index (χ0n) is 21.8. The normalized spacial score (nSPS) is 14.9. The van der Waals surface area contributed by atoms with Crippen LogP contribution in [0.4, 0.5) is 0 Å². The summed E-state index contributed by atoms with van der Waals surface area (Å²) >= 11 is 0. The van der Waals surface area contributed by atoms with Crippen LogP contribution in [0.25, 0.3) is 5.57 Å². The molecule has 0 nitrogen and oxygen atoms in total. The average molecular weight is 457 g/mol. The van der Waals surface area contributed by atoms with Crippen LogP contribution in [0.2, 0.25) is 0 Å². The van der Waals surface area contributed by atoms with Crippen molar-refractivity contribution in [2.24, 2.45) is 0 Å². The molecule has 1 aliphatic carbocycles. The van der Waals surface area contributed by atoms with Crippen molar-refractivity contribution < 1.29 is 0 Å².